The van der Waals surface area contributed by atoms with Crippen LogP contribution in [0.3, 0.4) is 0 Å². The number of nitrogens with zero attached hydrogens (tertiary/aromatic N) is 4. The highest BCUT2D eigenvalue weighted by Crippen LogP contribution is 2.11. The zero-order valence-corrected chi connectivity index (χ0v) is 10.4. The molecule has 0 atom stereocenters. The zero-order valence-electron chi connectivity index (χ0n) is 10.4. The van der Waals surface area contributed by atoms with Crippen LogP contribution >= 0.6 is 0 Å². The van der Waals surface area contributed by atoms with Crippen molar-refractivity contribution in [2.45, 2.75) is 13.5 Å². The van der Waals surface area contributed by atoms with Crippen molar-refractivity contribution in [1.82, 2.24) is 9.55 Å². The van der Waals surface area contributed by atoms with E-state index in [1.54, 1.807) is 6.21 Å². The Balaban J connectivity index is 2.00. The molecule has 0 saturated heterocycles. The third-order valence-electron chi connectivity index (χ3n) is 2.54. The predicted octanol–water partition coefficient (Wildman–Crippen LogP) is 2.26. The number of nitro groups is 1. The Morgan fingerprint density at radius 3 is 3.00 bits per heavy atom. The molecule has 0 fully saturated rings. The molecule has 7 nitrogen and oxygen atoms in total. The molecule has 1 N–H and O–H groups in total. The molecular weight excluding hydrogens is 246 g/mol. The summed E-state index contributed by atoms with van der Waals surface area (Å²) < 4.78 is 2.04. The fourth-order valence-corrected chi connectivity index (χ4v) is 1.56. The van der Waals surface area contributed by atoms with Crippen LogP contribution in [0.2, 0.25) is 0 Å². The van der Waals surface area contributed by atoms with Crippen molar-refractivity contribution in [3.05, 3.63) is 52.5 Å². The van der Waals surface area contributed by atoms with Gasteiger partial charge in [-0.15, -0.1) is 0 Å². The summed E-state index contributed by atoms with van der Waals surface area (Å²) in [5.74, 6) is 0.455. The molecule has 0 aliphatic carbocycles. The molecule has 2 aromatic heterocycles. The monoisotopic (exact) mass is 259 g/mol. The highest BCUT2D eigenvalue weighted by atomic mass is 16.6. The van der Waals surface area contributed by atoms with Crippen LogP contribution in [0.5, 0.6) is 0 Å². The van der Waals surface area contributed by atoms with E-state index in [4.69, 9.17) is 0 Å². The molecule has 2 rings (SSSR count). The molecular formula is C12H13N5O2. The SMILES string of the molecule is CCn1cccc1/C=N\Nc1ccc([N+](=O)[O-])cn1. The minimum atomic E-state index is -0.492. The molecule has 0 aliphatic heterocycles. The summed E-state index contributed by atoms with van der Waals surface area (Å²) in [5.41, 5.74) is 3.65. The van der Waals surface area contributed by atoms with E-state index in [0.717, 1.165) is 12.2 Å². The second-order valence-corrected chi connectivity index (χ2v) is 3.75. The Morgan fingerprint density at radius 1 is 1.53 bits per heavy atom. The average molecular weight is 259 g/mol. The van der Waals surface area contributed by atoms with Crippen LogP contribution in [0.1, 0.15) is 12.6 Å². The van der Waals surface area contributed by atoms with Crippen LogP contribution < -0.4 is 5.43 Å². The average Bonchev–Trinajstić information content (AvgIpc) is 2.87. The van der Waals surface area contributed by atoms with Gasteiger partial charge in [-0.1, -0.05) is 0 Å². The number of nitrogens with one attached hydrogen (secondary N) is 1. The lowest BCUT2D eigenvalue weighted by Crippen LogP contribution is -2.00. The molecule has 2 aromatic rings. The van der Waals surface area contributed by atoms with E-state index >= 15 is 0 Å². The molecule has 98 valence electrons. The van der Waals surface area contributed by atoms with E-state index in [-0.39, 0.29) is 5.69 Å². The number of anilines is 1. The highest BCUT2D eigenvalue weighted by molar-refractivity contribution is 5.78. The number of hydrogen-bond acceptors (Lipinski definition) is 5. The minimum Gasteiger partial charge on any atom is -0.347 e. The normalized spacial score (nSPS) is 10.8. The fraction of sp³-hybridized carbons (Fsp3) is 0.167. The maximum atomic E-state index is 10.5. The first-order valence-corrected chi connectivity index (χ1v) is 5.75. The van der Waals surface area contributed by atoms with Gasteiger partial charge in [0.1, 0.15) is 12.0 Å². The number of rotatable bonds is 5. The number of aromatic nitrogens is 2. The van der Waals surface area contributed by atoms with Gasteiger partial charge >= 0.3 is 0 Å². The van der Waals surface area contributed by atoms with Crippen LogP contribution in [0.15, 0.2) is 41.8 Å². The van der Waals surface area contributed by atoms with Crippen molar-refractivity contribution >= 4 is 17.7 Å². The van der Waals surface area contributed by atoms with Gasteiger partial charge in [-0.05, 0) is 25.1 Å². The molecule has 0 saturated carbocycles. The van der Waals surface area contributed by atoms with Gasteiger partial charge in [0.25, 0.3) is 5.69 Å². The Morgan fingerprint density at radius 2 is 2.37 bits per heavy atom. The predicted molar refractivity (Wildman–Crippen MR) is 72.2 cm³/mol. The number of hydrazone groups is 1. The third kappa shape index (κ3) is 3.15. The van der Waals surface area contributed by atoms with Crippen LogP contribution in [0.25, 0.3) is 0 Å². The first-order valence-electron chi connectivity index (χ1n) is 5.75. The molecule has 0 aliphatic rings. The van der Waals surface area contributed by atoms with Gasteiger partial charge in [0.15, 0.2) is 0 Å². The Bertz CT molecular complexity index is 588. The maximum absolute atomic E-state index is 10.5. The molecule has 0 spiro atoms. The summed E-state index contributed by atoms with van der Waals surface area (Å²) in [6, 6.07) is 6.76. The van der Waals surface area contributed by atoms with Crippen molar-refractivity contribution in [3.63, 3.8) is 0 Å². The smallest absolute Gasteiger partial charge is 0.287 e. The number of pyridine rings is 1. The largest absolute Gasteiger partial charge is 0.347 e. The van der Waals surface area contributed by atoms with Gasteiger partial charge in [0.05, 0.1) is 16.8 Å². The van der Waals surface area contributed by atoms with Gasteiger partial charge in [0, 0.05) is 18.8 Å². The topological polar surface area (TPSA) is 85.3 Å². The van der Waals surface area contributed by atoms with Crippen molar-refractivity contribution < 1.29 is 4.92 Å². The second kappa shape index (κ2) is 5.76. The third-order valence-corrected chi connectivity index (χ3v) is 2.54. The molecule has 0 amide bonds. The van der Waals surface area contributed by atoms with E-state index in [1.807, 2.05) is 29.8 Å². The molecule has 19 heavy (non-hydrogen) atoms. The van der Waals surface area contributed by atoms with Crippen molar-refractivity contribution in [1.29, 1.82) is 0 Å². The Labute approximate surface area is 109 Å². The summed E-state index contributed by atoms with van der Waals surface area (Å²) in [6.07, 6.45) is 4.82. The number of aryl methyl sites for hydroxylation is 1. The van der Waals surface area contributed by atoms with Crippen LogP contribution in [-0.2, 0) is 6.54 Å². The lowest BCUT2D eigenvalue weighted by molar-refractivity contribution is -0.385. The van der Waals surface area contributed by atoms with E-state index in [2.05, 4.69) is 15.5 Å². The minimum absolute atomic E-state index is 0.0469. The number of hydrogen-bond donors (Lipinski definition) is 1. The Kier molecular flexibility index (Phi) is 3.87. The lowest BCUT2D eigenvalue weighted by atomic mass is 10.4. The Hall–Kier alpha value is -2.70. The quantitative estimate of drug-likeness (QED) is 0.507. The summed E-state index contributed by atoms with van der Waals surface area (Å²) in [5, 5.41) is 14.5. The molecule has 7 heteroatoms. The van der Waals surface area contributed by atoms with Crippen molar-refractivity contribution in [3.8, 4) is 0 Å². The first-order chi connectivity index (χ1) is 9.20. The molecule has 0 unspecified atom stereocenters. The maximum Gasteiger partial charge on any atom is 0.287 e. The first kappa shape index (κ1) is 12.7. The van der Waals surface area contributed by atoms with Gasteiger partial charge in [0.2, 0.25) is 0 Å². The van der Waals surface area contributed by atoms with Gasteiger partial charge in [-0.25, -0.2) is 4.98 Å². The molecule has 0 radical (unpaired) electrons. The van der Waals surface area contributed by atoms with E-state index in [0.29, 0.717) is 5.82 Å². The van der Waals surface area contributed by atoms with Crippen LogP contribution in [0.4, 0.5) is 11.5 Å². The van der Waals surface area contributed by atoms with Crippen LogP contribution in [0, 0.1) is 10.1 Å². The summed E-state index contributed by atoms with van der Waals surface area (Å²) >= 11 is 0. The van der Waals surface area contributed by atoms with E-state index in [1.165, 1.54) is 18.3 Å². The highest BCUT2D eigenvalue weighted by Gasteiger charge is 2.04. The molecule has 0 aromatic carbocycles. The van der Waals surface area contributed by atoms with Crippen molar-refractivity contribution in [2.24, 2.45) is 5.10 Å². The van der Waals surface area contributed by atoms with Gasteiger partial charge in [-0.3, -0.25) is 15.5 Å². The summed E-state index contributed by atoms with van der Waals surface area (Å²) in [7, 11) is 0. The summed E-state index contributed by atoms with van der Waals surface area (Å²) in [4.78, 5) is 13.9. The standard InChI is InChI=1S/C12H13N5O2/c1-2-16-7-3-4-10(16)9-14-15-12-6-5-11(8-13-12)17(18)19/h3-9H,2H2,1H3,(H,13,15)/b14-9-. The molecule has 0 bridgehead atoms. The zero-order chi connectivity index (χ0) is 13.7. The van der Waals surface area contributed by atoms with E-state index in [9.17, 15) is 10.1 Å². The summed E-state index contributed by atoms with van der Waals surface area (Å²) in [6.45, 7) is 2.91. The second-order valence-electron chi connectivity index (χ2n) is 3.75. The van der Waals surface area contributed by atoms with Gasteiger partial charge in [-0.2, -0.15) is 5.10 Å². The van der Waals surface area contributed by atoms with Crippen molar-refractivity contribution in [2.75, 3.05) is 5.43 Å². The molecule has 2 heterocycles. The van der Waals surface area contributed by atoms with E-state index < -0.39 is 4.92 Å². The lowest BCUT2D eigenvalue weighted by Gasteiger charge is -2.01. The van der Waals surface area contributed by atoms with Crippen LogP contribution in [-0.4, -0.2) is 20.7 Å². The fourth-order valence-electron chi connectivity index (χ4n) is 1.56. The van der Waals surface area contributed by atoms with Gasteiger partial charge < -0.3 is 4.57 Å².